The lowest BCUT2D eigenvalue weighted by atomic mass is 9.85. The van der Waals surface area contributed by atoms with E-state index in [2.05, 4.69) is 32.2 Å². The monoisotopic (exact) mass is 494 g/mol. The number of nitrogens with one attached hydrogen (secondary N) is 1. The summed E-state index contributed by atoms with van der Waals surface area (Å²) in [6.45, 7) is 9.25. The van der Waals surface area contributed by atoms with Gasteiger partial charge in [-0.15, -0.1) is 0 Å². The van der Waals surface area contributed by atoms with Gasteiger partial charge in [0.2, 0.25) is 0 Å². The van der Waals surface area contributed by atoms with Gasteiger partial charge < -0.3 is 16.2 Å². The highest BCUT2D eigenvalue weighted by molar-refractivity contribution is 8.03. The first-order valence-electron chi connectivity index (χ1n) is 10.8. The molecule has 0 aliphatic carbocycles. The van der Waals surface area contributed by atoms with E-state index in [0.717, 1.165) is 34.0 Å². The van der Waals surface area contributed by atoms with E-state index in [9.17, 15) is 9.90 Å². The summed E-state index contributed by atoms with van der Waals surface area (Å²) in [6, 6.07) is 5.63. The number of hydrogen-bond acceptors (Lipinski definition) is 4. The molecule has 0 aromatic heterocycles. The highest BCUT2D eigenvalue weighted by Gasteiger charge is 2.26. The number of thioether (sulfide) groups is 1. The topological polar surface area (TPSA) is 75.3 Å². The second-order valence-corrected chi connectivity index (χ2v) is 9.98. The van der Waals surface area contributed by atoms with Gasteiger partial charge >= 0.3 is 5.97 Å². The molecular weight excluding hydrogens is 463 g/mol. The highest BCUT2D eigenvalue weighted by Crippen LogP contribution is 2.45. The van der Waals surface area contributed by atoms with Crippen molar-refractivity contribution in [3.05, 3.63) is 73.9 Å². The van der Waals surface area contributed by atoms with Gasteiger partial charge in [0.05, 0.1) is 10.0 Å². The molecule has 174 valence electrons. The van der Waals surface area contributed by atoms with E-state index in [4.69, 9.17) is 28.9 Å². The van der Waals surface area contributed by atoms with Crippen LogP contribution in [0, 0.1) is 11.8 Å². The first-order chi connectivity index (χ1) is 15.2. The Morgan fingerprint density at radius 3 is 2.62 bits per heavy atom. The van der Waals surface area contributed by atoms with E-state index in [1.54, 1.807) is 24.0 Å². The van der Waals surface area contributed by atoms with Gasteiger partial charge in [-0.25, -0.2) is 0 Å². The summed E-state index contributed by atoms with van der Waals surface area (Å²) in [4.78, 5) is 13.4. The van der Waals surface area contributed by atoms with Crippen LogP contribution >= 0.6 is 35.0 Å². The molecule has 4 N–H and O–H groups in total. The third kappa shape index (κ3) is 6.84. The van der Waals surface area contributed by atoms with E-state index < -0.39 is 5.97 Å². The Hall–Kier alpha value is -1.82. The molecule has 1 atom stereocenters. The van der Waals surface area contributed by atoms with E-state index >= 15 is 0 Å². The quantitative estimate of drug-likeness (QED) is 0.357. The summed E-state index contributed by atoms with van der Waals surface area (Å²) < 4.78 is 0. The number of hydrogen-bond donors (Lipinski definition) is 3. The summed E-state index contributed by atoms with van der Waals surface area (Å²) in [6.07, 6.45) is 7.17. The van der Waals surface area contributed by atoms with Crippen LogP contribution in [0.5, 0.6) is 0 Å². The zero-order valence-electron chi connectivity index (χ0n) is 19.0. The first kappa shape index (κ1) is 26.4. The van der Waals surface area contributed by atoms with Crippen LogP contribution < -0.4 is 11.1 Å². The van der Waals surface area contributed by atoms with Crippen molar-refractivity contribution < 1.29 is 9.90 Å². The number of nitrogens with two attached hydrogens (primary N) is 1. The van der Waals surface area contributed by atoms with Gasteiger partial charge in [-0.1, -0.05) is 60.5 Å². The Labute approximate surface area is 205 Å². The highest BCUT2D eigenvalue weighted by atomic mass is 35.5. The maximum absolute atomic E-state index is 11.3. The van der Waals surface area contributed by atoms with Gasteiger partial charge in [-0.2, -0.15) is 0 Å². The van der Waals surface area contributed by atoms with Gasteiger partial charge in [0, 0.05) is 34.0 Å². The van der Waals surface area contributed by atoms with Crippen LogP contribution in [0.1, 0.15) is 47.0 Å². The third-order valence-electron chi connectivity index (χ3n) is 5.58. The molecule has 0 radical (unpaired) electrons. The lowest BCUT2D eigenvalue weighted by Crippen LogP contribution is -2.24. The Kier molecular flexibility index (Phi) is 10.3. The molecule has 2 rings (SSSR count). The van der Waals surface area contributed by atoms with Crippen molar-refractivity contribution in [3.8, 4) is 0 Å². The van der Waals surface area contributed by atoms with Crippen molar-refractivity contribution in [1.82, 2.24) is 5.32 Å². The Balaban J connectivity index is 2.74. The second kappa shape index (κ2) is 12.4. The number of halogens is 2. The normalized spacial score (nSPS) is 22.7. The van der Waals surface area contributed by atoms with Crippen molar-refractivity contribution in [2.75, 3.05) is 6.54 Å². The van der Waals surface area contributed by atoms with E-state index in [0.29, 0.717) is 16.5 Å². The van der Waals surface area contributed by atoms with Gasteiger partial charge in [0.15, 0.2) is 0 Å². The lowest BCUT2D eigenvalue weighted by Gasteiger charge is -2.30. The molecular formula is C25H32Cl2N2O2S. The summed E-state index contributed by atoms with van der Waals surface area (Å²) >= 11 is 14.1. The van der Waals surface area contributed by atoms with E-state index in [-0.39, 0.29) is 18.3 Å². The summed E-state index contributed by atoms with van der Waals surface area (Å²) in [5.74, 6) is -0.343. The average Bonchev–Trinajstić information content (AvgIpc) is 2.73. The minimum Gasteiger partial charge on any atom is -0.481 e. The van der Waals surface area contributed by atoms with Gasteiger partial charge in [0.1, 0.15) is 0 Å². The number of carboxylic acids is 1. The number of rotatable bonds is 8. The van der Waals surface area contributed by atoms with Crippen molar-refractivity contribution in [2.45, 2.75) is 51.9 Å². The maximum atomic E-state index is 11.3. The molecule has 0 fully saturated rings. The van der Waals surface area contributed by atoms with Crippen LogP contribution in [0.15, 0.2) is 68.8 Å². The fraction of sp³-hybridized carbons (Fsp3) is 0.400. The van der Waals surface area contributed by atoms with Gasteiger partial charge in [0.25, 0.3) is 0 Å². The number of benzene rings is 1. The van der Waals surface area contributed by atoms with Crippen LogP contribution in [0.25, 0.3) is 0 Å². The van der Waals surface area contributed by atoms with Crippen LogP contribution in [-0.4, -0.2) is 17.6 Å². The molecule has 7 heteroatoms. The summed E-state index contributed by atoms with van der Waals surface area (Å²) in [7, 11) is 0. The summed E-state index contributed by atoms with van der Waals surface area (Å²) in [5.41, 5.74) is 10.3. The molecule has 0 amide bonds. The fourth-order valence-corrected chi connectivity index (χ4v) is 5.50. The van der Waals surface area contributed by atoms with Crippen LogP contribution in [0.3, 0.4) is 0 Å². The zero-order valence-corrected chi connectivity index (χ0v) is 21.4. The SMILES string of the molecule is C\C=C(C1=C(\C=C/N)NCCC(CCC(=O)O)\C(C)=C\1Sc1ccc(Cl)c(Cl)c1)\C(C)C. The Morgan fingerprint density at radius 1 is 1.34 bits per heavy atom. The number of aliphatic carboxylic acids is 1. The minimum absolute atomic E-state index is 0.141. The average molecular weight is 496 g/mol. The molecule has 1 aliphatic heterocycles. The molecule has 1 aromatic carbocycles. The van der Waals surface area contributed by atoms with Gasteiger partial charge in [-0.05, 0) is 74.6 Å². The van der Waals surface area contributed by atoms with Crippen molar-refractivity contribution in [2.24, 2.45) is 17.6 Å². The fourth-order valence-electron chi connectivity index (χ4n) is 3.93. The maximum Gasteiger partial charge on any atom is 0.303 e. The molecule has 0 spiro atoms. The zero-order chi connectivity index (χ0) is 23.8. The first-order valence-corrected chi connectivity index (χ1v) is 12.4. The van der Waals surface area contributed by atoms with Gasteiger partial charge in [-0.3, -0.25) is 4.79 Å². The molecule has 0 saturated carbocycles. The lowest BCUT2D eigenvalue weighted by molar-refractivity contribution is -0.137. The van der Waals surface area contributed by atoms with Crippen molar-refractivity contribution in [3.63, 3.8) is 0 Å². The molecule has 0 saturated heterocycles. The van der Waals surface area contributed by atoms with E-state index in [1.807, 2.05) is 25.1 Å². The van der Waals surface area contributed by atoms with Crippen LogP contribution in [0.4, 0.5) is 0 Å². The molecule has 1 aromatic rings. The summed E-state index contributed by atoms with van der Waals surface area (Å²) in [5, 5.41) is 13.8. The predicted octanol–water partition coefficient (Wildman–Crippen LogP) is 7.16. The van der Waals surface area contributed by atoms with Crippen molar-refractivity contribution >= 4 is 40.9 Å². The van der Waals surface area contributed by atoms with Crippen molar-refractivity contribution in [1.29, 1.82) is 0 Å². The molecule has 4 nitrogen and oxygen atoms in total. The minimum atomic E-state index is -0.773. The van der Waals surface area contributed by atoms with E-state index in [1.165, 1.54) is 11.1 Å². The predicted molar refractivity (Wildman–Crippen MR) is 137 cm³/mol. The standard InChI is InChI=1S/C25H32Cl2N2O2S/c1-5-19(15(2)3)24-22(10-12-28)29-13-11-17(6-9-23(30)31)16(4)25(24)32-18-7-8-20(26)21(27)14-18/h5,7-8,10,12,14-15,17,29H,6,9,11,13,28H2,1-4H3,(H,30,31)/b12-10-,19-5-,24-22-,25-16-. The molecule has 0 bridgehead atoms. The molecule has 32 heavy (non-hydrogen) atoms. The Bertz CT molecular complexity index is 965. The molecule has 1 unspecified atom stereocenters. The van der Waals surface area contributed by atoms with Crippen LogP contribution in [-0.2, 0) is 4.79 Å². The van der Waals surface area contributed by atoms with Crippen LogP contribution in [0.2, 0.25) is 10.0 Å². The number of carbonyl (C=O) groups is 1. The third-order valence-corrected chi connectivity index (χ3v) is 7.54. The molecule has 1 heterocycles. The number of allylic oxidation sites excluding steroid dienone is 5. The smallest absolute Gasteiger partial charge is 0.303 e. The largest absolute Gasteiger partial charge is 0.481 e. The Morgan fingerprint density at radius 2 is 2.06 bits per heavy atom. The second-order valence-electron chi connectivity index (χ2n) is 8.08. The molecule has 1 aliphatic rings. The number of carboxylic acid groups (broad SMARTS) is 1.